The molecule has 0 aromatic heterocycles. The molecule has 0 N–H and O–H groups in total. The van der Waals surface area contributed by atoms with Crippen molar-refractivity contribution < 1.29 is 18.3 Å². The standard InChI is InChI=1S/C15H14F2O2/c1-15(16,17)19-14-9-7-13(8-10-14)18-11-12-5-3-2-4-6-12/h2-10H,11H2,1H3. The molecule has 0 saturated heterocycles. The van der Waals surface area contributed by atoms with Crippen molar-refractivity contribution in [3.8, 4) is 11.5 Å². The van der Waals surface area contributed by atoms with E-state index < -0.39 is 6.11 Å². The van der Waals surface area contributed by atoms with Crippen LogP contribution in [0.3, 0.4) is 0 Å². The summed E-state index contributed by atoms with van der Waals surface area (Å²) in [7, 11) is 0. The number of alkyl halides is 2. The maximum atomic E-state index is 12.6. The number of rotatable bonds is 5. The summed E-state index contributed by atoms with van der Waals surface area (Å²) in [6.45, 7) is 1.14. The number of ether oxygens (including phenoxy) is 2. The van der Waals surface area contributed by atoms with Crippen LogP contribution < -0.4 is 9.47 Å². The van der Waals surface area contributed by atoms with Gasteiger partial charge in [-0.25, -0.2) is 0 Å². The van der Waals surface area contributed by atoms with E-state index >= 15 is 0 Å². The second-order valence-corrected chi connectivity index (χ2v) is 4.16. The summed E-state index contributed by atoms with van der Waals surface area (Å²) >= 11 is 0. The Morgan fingerprint density at radius 3 is 2.05 bits per heavy atom. The highest BCUT2D eigenvalue weighted by atomic mass is 19.3. The highest BCUT2D eigenvalue weighted by Gasteiger charge is 2.22. The van der Waals surface area contributed by atoms with Gasteiger partial charge in [-0.2, -0.15) is 8.78 Å². The minimum atomic E-state index is -3.17. The Bertz CT molecular complexity index is 504. The SMILES string of the molecule is CC(F)(F)Oc1ccc(OCc2ccccc2)cc1. The first kappa shape index (κ1) is 13.3. The van der Waals surface area contributed by atoms with Crippen LogP contribution in [-0.2, 0) is 6.61 Å². The smallest absolute Gasteiger partial charge is 0.394 e. The normalized spacial score (nSPS) is 11.1. The molecule has 0 atom stereocenters. The van der Waals surface area contributed by atoms with Gasteiger partial charge in [0.15, 0.2) is 0 Å². The Morgan fingerprint density at radius 2 is 1.47 bits per heavy atom. The zero-order chi connectivity index (χ0) is 13.7. The Hall–Kier alpha value is -2.10. The van der Waals surface area contributed by atoms with E-state index in [4.69, 9.17) is 4.74 Å². The van der Waals surface area contributed by atoms with E-state index in [1.54, 1.807) is 12.1 Å². The van der Waals surface area contributed by atoms with E-state index in [-0.39, 0.29) is 5.75 Å². The third kappa shape index (κ3) is 4.58. The molecule has 0 aliphatic rings. The molecule has 0 radical (unpaired) electrons. The highest BCUT2D eigenvalue weighted by molar-refractivity contribution is 5.31. The zero-order valence-corrected chi connectivity index (χ0v) is 10.5. The molecule has 2 rings (SSSR count). The molecular formula is C15H14F2O2. The van der Waals surface area contributed by atoms with Crippen LogP contribution >= 0.6 is 0 Å². The van der Waals surface area contributed by atoms with E-state index in [1.165, 1.54) is 12.1 Å². The van der Waals surface area contributed by atoms with Gasteiger partial charge in [0.05, 0.1) is 0 Å². The molecule has 0 spiro atoms. The number of hydrogen-bond donors (Lipinski definition) is 0. The molecule has 0 bridgehead atoms. The molecule has 0 fully saturated rings. The van der Waals surface area contributed by atoms with Gasteiger partial charge >= 0.3 is 6.11 Å². The Morgan fingerprint density at radius 1 is 0.895 bits per heavy atom. The summed E-state index contributed by atoms with van der Waals surface area (Å²) in [6, 6.07) is 15.8. The summed E-state index contributed by atoms with van der Waals surface area (Å²) < 4.78 is 35.2. The van der Waals surface area contributed by atoms with Gasteiger partial charge in [0.25, 0.3) is 0 Å². The highest BCUT2D eigenvalue weighted by Crippen LogP contribution is 2.23. The lowest BCUT2D eigenvalue weighted by atomic mass is 10.2. The van der Waals surface area contributed by atoms with Gasteiger partial charge < -0.3 is 9.47 Å². The van der Waals surface area contributed by atoms with E-state index in [0.29, 0.717) is 19.3 Å². The van der Waals surface area contributed by atoms with Crippen molar-refractivity contribution in [1.29, 1.82) is 0 Å². The topological polar surface area (TPSA) is 18.5 Å². The van der Waals surface area contributed by atoms with Gasteiger partial charge in [0.2, 0.25) is 0 Å². The van der Waals surface area contributed by atoms with E-state index in [1.807, 2.05) is 30.3 Å². The van der Waals surface area contributed by atoms with Gasteiger partial charge in [-0.1, -0.05) is 30.3 Å². The van der Waals surface area contributed by atoms with E-state index in [2.05, 4.69) is 4.74 Å². The van der Waals surface area contributed by atoms with Crippen LogP contribution in [0.4, 0.5) is 8.78 Å². The molecule has 2 aromatic rings. The van der Waals surface area contributed by atoms with Crippen LogP contribution in [-0.4, -0.2) is 6.11 Å². The van der Waals surface area contributed by atoms with Crippen molar-refractivity contribution >= 4 is 0 Å². The number of benzene rings is 2. The minimum absolute atomic E-state index is 0.111. The third-order valence-corrected chi connectivity index (χ3v) is 2.37. The van der Waals surface area contributed by atoms with E-state index in [9.17, 15) is 8.78 Å². The maximum absolute atomic E-state index is 12.6. The second-order valence-electron chi connectivity index (χ2n) is 4.16. The molecule has 2 aromatic carbocycles. The van der Waals surface area contributed by atoms with Gasteiger partial charge in [0, 0.05) is 6.92 Å². The lowest BCUT2D eigenvalue weighted by molar-refractivity contribution is -0.158. The first-order valence-corrected chi connectivity index (χ1v) is 5.86. The molecule has 0 aliphatic heterocycles. The fourth-order valence-electron chi connectivity index (χ4n) is 1.55. The largest absolute Gasteiger partial charge is 0.489 e. The monoisotopic (exact) mass is 264 g/mol. The molecule has 19 heavy (non-hydrogen) atoms. The van der Waals surface area contributed by atoms with Crippen LogP contribution in [0.5, 0.6) is 11.5 Å². The molecule has 0 heterocycles. The third-order valence-electron chi connectivity index (χ3n) is 2.37. The average molecular weight is 264 g/mol. The van der Waals surface area contributed by atoms with Crippen LogP contribution in [0, 0.1) is 0 Å². The Kier molecular flexibility index (Phi) is 4.00. The second kappa shape index (κ2) is 5.69. The zero-order valence-electron chi connectivity index (χ0n) is 10.5. The lowest BCUT2D eigenvalue weighted by Crippen LogP contribution is -2.18. The van der Waals surface area contributed by atoms with Crippen molar-refractivity contribution in [3.63, 3.8) is 0 Å². The van der Waals surface area contributed by atoms with Gasteiger partial charge in [-0.15, -0.1) is 0 Å². The lowest BCUT2D eigenvalue weighted by Gasteiger charge is -2.13. The van der Waals surface area contributed by atoms with Gasteiger partial charge in [0.1, 0.15) is 18.1 Å². The molecule has 100 valence electrons. The quantitative estimate of drug-likeness (QED) is 0.803. The predicted octanol–water partition coefficient (Wildman–Crippen LogP) is 4.26. The van der Waals surface area contributed by atoms with Crippen LogP contribution in [0.2, 0.25) is 0 Å². The summed E-state index contributed by atoms with van der Waals surface area (Å²) in [5, 5.41) is 0. The van der Waals surface area contributed by atoms with Crippen molar-refractivity contribution in [2.24, 2.45) is 0 Å². The average Bonchev–Trinajstić information content (AvgIpc) is 2.37. The molecule has 0 unspecified atom stereocenters. The Labute approximate surface area is 110 Å². The molecule has 2 nitrogen and oxygen atoms in total. The molecule has 0 saturated carbocycles. The molecule has 0 amide bonds. The summed E-state index contributed by atoms with van der Waals surface area (Å²) in [5.41, 5.74) is 1.04. The van der Waals surface area contributed by atoms with Crippen LogP contribution in [0.25, 0.3) is 0 Å². The predicted molar refractivity (Wildman–Crippen MR) is 68.5 cm³/mol. The summed E-state index contributed by atoms with van der Waals surface area (Å²) in [6.07, 6.45) is -3.17. The fourth-order valence-corrected chi connectivity index (χ4v) is 1.55. The number of halogens is 2. The van der Waals surface area contributed by atoms with Crippen LogP contribution in [0.1, 0.15) is 12.5 Å². The van der Waals surface area contributed by atoms with Gasteiger partial charge in [-0.3, -0.25) is 0 Å². The van der Waals surface area contributed by atoms with Crippen LogP contribution in [0.15, 0.2) is 54.6 Å². The van der Waals surface area contributed by atoms with Crippen molar-refractivity contribution in [2.45, 2.75) is 19.6 Å². The number of hydrogen-bond acceptors (Lipinski definition) is 2. The van der Waals surface area contributed by atoms with Crippen molar-refractivity contribution in [1.82, 2.24) is 0 Å². The van der Waals surface area contributed by atoms with Crippen molar-refractivity contribution in [2.75, 3.05) is 0 Å². The molecule has 0 aliphatic carbocycles. The minimum Gasteiger partial charge on any atom is -0.489 e. The van der Waals surface area contributed by atoms with E-state index in [0.717, 1.165) is 5.56 Å². The summed E-state index contributed by atoms with van der Waals surface area (Å²) in [4.78, 5) is 0. The molecular weight excluding hydrogens is 250 g/mol. The van der Waals surface area contributed by atoms with Crippen molar-refractivity contribution in [3.05, 3.63) is 60.2 Å². The maximum Gasteiger partial charge on any atom is 0.394 e. The summed E-state index contributed by atoms with van der Waals surface area (Å²) in [5.74, 6) is 0.718. The first-order chi connectivity index (χ1) is 9.03. The molecule has 4 heteroatoms. The fraction of sp³-hybridized carbons (Fsp3) is 0.200. The van der Waals surface area contributed by atoms with Gasteiger partial charge in [-0.05, 0) is 29.8 Å². The Balaban J connectivity index is 1.92. The first-order valence-electron chi connectivity index (χ1n) is 5.86.